The molecule has 0 N–H and O–H groups in total. The van der Waals surface area contributed by atoms with E-state index in [0.717, 1.165) is 55.4 Å². The molecule has 0 spiro atoms. The van der Waals surface area contributed by atoms with Crippen molar-refractivity contribution < 1.29 is 76.3 Å². The minimum absolute atomic E-state index is 0.0817. The lowest BCUT2D eigenvalue weighted by atomic mass is 9.84. The van der Waals surface area contributed by atoms with E-state index in [2.05, 4.69) is 0 Å². The summed E-state index contributed by atoms with van der Waals surface area (Å²) in [5.74, 6) is -8.33. The highest BCUT2D eigenvalue weighted by molar-refractivity contribution is 6.43. The van der Waals surface area contributed by atoms with Crippen LogP contribution in [0.3, 0.4) is 0 Å². The van der Waals surface area contributed by atoms with Crippen LogP contribution in [0.4, 0.5) is 0 Å². The van der Waals surface area contributed by atoms with E-state index in [0.29, 0.717) is 0 Å². The fourth-order valence-corrected chi connectivity index (χ4v) is 6.61. The molecule has 0 heterocycles. The number of carbonyl (C=O) groups excluding carboxylic acids is 8. The molecule has 6 aromatic carbocycles. The first-order valence-electron chi connectivity index (χ1n) is 16.6. The first kappa shape index (κ1) is 38.4. The topological polar surface area (TPSA) is 210 Å². The van der Waals surface area contributed by atoms with Gasteiger partial charge in [-0.15, -0.1) is 0 Å². The Kier molecular flexibility index (Phi) is 9.91. The summed E-state index contributed by atoms with van der Waals surface area (Å²) in [6, 6.07) is 8.18. The molecule has 0 atom stereocenters. The predicted octanol–water partition coefficient (Wildman–Crippen LogP) is 6.29. The fourth-order valence-electron chi connectivity index (χ4n) is 6.61. The second-order valence-electron chi connectivity index (χ2n) is 12.4. The zero-order valence-electron chi connectivity index (χ0n) is 31.0. The van der Waals surface area contributed by atoms with Crippen molar-refractivity contribution in [2.45, 2.75) is 55.4 Å². The number of esters is 8. The van der Waals surface area contributed by atoms with E-state index in [1.807, 2.05) is 0 Å². The molecule has 6 rings (SSSR count). The van der Waals surface area contributed by atoms with E-state index >= 15 is 0 Å². The summed E-state index contributed by atoms with van der Waals surface area (Å²) < 4.78 is 44.6. The van der Waals surface area contributed by atoms with E-state index in [1.165, 1.54) is 36.4 Å². The molecule has 0 aromatic heterocycles. The molecule has 0 radical (unpaired) electrons. The quantitative estimate of drug-likeness (QED) is 0.0721. The number of ether oxygens (including phenoxy) is 8. The van der Waals surface area contributed by atoms with Crippen LogP contribution in [0.25, 0.3) is 53.9 Å². The van der Waals surface area contributed by atoms with E-state index in [9.17, 15) is 38.4 Å². The fraction of sp³-hybridized carbons (Fsp3) is 0.200. The SMILES string of the molecule is CC(=O)Oc1cc2c(cc1OC(C)=O)c1c(OC(C)=O)c(OC(C)=O)cc3c4cc(OC(C)=O)c(OC(C)=O)cc4c4c(OC(C)=O)c(OC(C)=O)cc2c4c31. The molecule has 0 fully saturated rings. The average Bonchev–Trinajstić information content (AvgIpc) is 3.05. The molecule has 0 aliphatic rings. The monoisotopic (exact) mass is 766 g/mol. The molecule has 286 valence electrons. The van der Waals surface area contributed by atoms with Gasteiger partial charge in [0.2, 0.25) is 0 Å². The van der Waals surface area contributed by atoms with Crippen molar-refractivity contribution in [3.05, 3.63) is 36.4 Å². The summed E-state index contributed by atoms with van der Waals surface area (Å²) in [7, 11) is 0. The zero-order valence-corrected chi connectivity index (χ0v) is 31.0. The van der Waals surface area contributed by atoms with Crippen molar-refractivity contribution in [2.75, 3.05) is 0 Å². The average molecular weight is 767 g/mol. The Morgan fingerprint density at radius 2 is 0.464 bits per heavy atom. The molecular weight excluding hydrogens is 736 g/mol. The molecule has 6 aromatic rings. The van der Waals surface area contributed by atoms with Crippen molar-refractivity contribution in [3.63, 3.8) is 0 Å². The maximum absolute atomic E-state index is 12.8. The normalized spacial score (nSPS) is 11.1. The van der Waals surface area contributed by atoms with Crippen LogP contribution in [0.2, 0.25) is 0 Å². The number of carbonyl (C=O) groups is 8. The molecule has 0 bridgehead atoms. The summed E-state index contributed by atoms with van der Waals surface area (Å²) in [6.07, 6.45) is 0. The van der Waals surface area contributed by atoms with Crippen LogP contribution in [0.5, 0.6) is 46.0 Å². The molecule has 0 saturated heterocycles. The minimum Gasteiger partial charge on any atom is -0.423 e. The minimum atomic E-state index is -0.830. The third kappa shape index (κ3) is 7.14. The summed E-state index contributed by atoms with van der Waals surface area (Å²) in [5.41, 5.74) is 0. The smallest absolute Gasteiger partial charge is 0.308 e. The van der Waals surface area contributed by atoms with Crippen LogP contribution in [-0.2, 0) is 38.4 Å². The van der Waals surface area contributed by atoms with Crippen molar-refractivity contribution in [3.8, 4) is 46.0 Å². The highest BCUT2D eigenvalue weighted by atomic mass is 16.6. The van der Waals surface area contributed by atoms with Crippen molar-refractivity contribution in [1.29, 1.82) is 0 Å². The Balaban J connectivity index is 2.07. The number of hydrogen-bond acceptors (Lipinski definition) is 16. The predicted molar refractivity (Wildman–Crippen MR) is 196 cm³/mol. The van der Waals surface area contributed by atoms with Gasteiger partial charge >= 0.3 is 47.8 Å². The van der Waals surface area contributed by atoms with Gasteiger partial charge in [0.15, 0.2) is 46.0 Å². The third-order valence-electron chi connectivity index (χ3n) is 8.04. The Bertz CT molecular complexity index is 2590. The van der Waals surface area contributed by atoms with Crippen LogP contribution >= 0.6 is 0 Å². The summed E-state index contributed by atoms with van der Waals surface area (Å²) in [5, 5.41) is 1.97. The van der Waals surface area contributed by atoms with Gasteiger partial charge in [0, 0.05) is 76.9 Å². The molecule has 0 unspecified atom stereocenters. The lowest BCUT2D eigenvalue weighted by molar-refractivity contribution is -0.134. The van der Waals surface area contributed by atoms with Crippen molar-refractivity contribution in [2.24, 2.45) is 0 Å². The van der Waals surface area contributed by atoms with Gasteiger partial charge in [-0.2, -0.15) is 0 Å². The van der Waals surface area contributed by atoms with Gasteiger partial charge in [0.25, 0.3) is 0 Å². The van der Waals surface area contributed by atoms with Gasteiger partial charge in [0.05, 0.1) is 0 Å². The number of hydrogen-bond donors (Lipinski definition) is 0. The number of rotatable bonds is 8. The molecule has 16 heteroatoms. The molecule has 0 aliphatic carbocycles. The summed E-state index contributed by atoms with van der Waals surface area (Å²) >= 11 is 0. The number of benzene rings is 6. The van der Waals surface area contributed by atoms with E-state index in [1.54, 1.807) is 0 Å². The van der Waals surface area contributed by atoms with Crippen LogP contribution in [0.15, 0.2) is 36.4 Å². The van der Waals surface area contributed by atoms with E-state index in [4.69, 9.17) is 37.9 Å². The first-order valence-corrected chi connectivity index (χ1v) is 16.6. The van der Waals surface area contributed by atoms with Crippen LogP contribution < -0.4 is 37.9 Å². The highest BCUT2D eigenvalue weighted by Crippen LogP contribution is 2.56. The van der Waals surface area contributed by atoms with E-state index < -0.39 is 47.8 Å². The van der Waals surface area contributed by atoms with Gasteiger partial charge in [-0.1, -0.05) is 0 Å². The highest BCUT2D eigenvalue weighted by Gasteiger charge is 2.31. The largest absolute Gasteiger partial charge is 0.423 e. The van der Waals surface area contributed by atoms with Crippen molar-refractivity contribution in [1.82, 2.24) is 0 Å². The molecule has 0 amide bonds. The second kappa shape index (κ2) is 14.5. The Morgan fingerprint density at radius 1 is 0.268 bits per heavy atom. The van der Waals surface area contributed by atoms with Gasteiger partial charge < -0.3 is 37.9 Å². The van der Waals surface area contributed by atoms with Crippen LogP contribution in [-0.4, -0.2) is 47.8 Å². The van der Waals surface area contributed by atoms with Gasteiger partial charge in [0.1, 0.15) is 0 Å². The lowest BCUT2D eigenvalue weighted by Gasteiger charge is -2.24. The van der Waals surface area contributed by atoms with Crippen LogP contribution in [0.1, 0.15) is 55.4 Å². The molecule has 56 heavy (non-hydrogen) atoms. The first-order chi connectivity index (χ1) is 26.3. The maximum Gasteiger partial charge on any atom is 0.308 e. The van der Waals surface area contributed by atoms with Gasteiger partial charge in [-0.25, -0.2) is 0 Å². The summed E-state index contributed by atoms with van der Waals surface area (Å²) in [6.45, 7) is 8.95. The van der Waals surface area contributed by atoms with Gasteiger partial charge in [-0.05, 0) is 68.7 Å². The molecule has 0 aliphatic heterocycles. The Hall–Kier alpha value is -7.36. The zero-order chi connectivity index (χ0) is 40.9. The van der Waals surface area contributed by atoms with Gasteiger partial charge in [-0.3, -0.25) is 38.4 Å². The molecule has 0 saturated carbocycles. The maximum atomic E-state index is 12.8. The molecular formula is C40H30O16. The molecule has 16 nitrogen and oxygen atoms in total. The number of fused-ring (bicyclic) bond motifs is 6. The third-order valence-corrected chi connectivity index (χ3v) is 8.04. The van der Waals surface area contributed by atoms with E-state index in [-0.39, 0.29) is 99.9 Å². The Labute approximate surface area is 315 Å². The lowest BCUT2D eigenvalue weighted by Crippen LogP contribution is -2.10. The Morgan fingerprint density at radius 3 is 0.714 bits per heavy atom. The van der Waals surface area contributed by atoms with Crippen LogP contribution in [0, 0.1) is 0 Å². The van der Waals surface area contributed by atoms with Crippen molar-refractivity contribution >= 4 is 102 Å². The summed E-state index contributed by atoms with van der Waals surface area (Å²) in [4.78, 5) is 99.9. The standard InChI is InChI=1S/C40H30O16/c1-15(41)49-29-9-23-25-13-33(53-19(5)45)40(56-22(8)48)38-28-12-32(52-18(4)44)30(50-16(2)42)10-24(28)26-14-34(54-20(6)46)39(55-21(7)47)37(36(26)35(25)38)27(23)11-31(29)51-17(3)43/h9-14H,1-8H3. The second-order valence-corrected chi connectivity index (χ2v) is 12.4.